The fourth-order valence-electron chi connectivity index (χ4n) is 14.5. The van der Waals surface area contributed by atoms with E-state index in [0.29, 0.717) is 0 Å². The second-order valence-electron chi connectivity index (χ2n) is 33.3. The highest BCUT2D eigenvalue weighted by molar-refractivity contribution is 7.00. The Labute approximate surface area is 546 Å². The lowest BCUT2D eigenvalue weighted by Gasteiger charge is -2.46. The summed E-state index contributed by atoms with van der Waals surface area (Å²) < 4.78 is 0. The van der Waals surface area contributed by atoms with Crippen molar-refractivity contribution in [3.8, 4) is 33.4 Å². The lowest BCUT2D eigenvalue weighted by atomic mass is 9.33. The van der Waals surface area contributed by atoms with Crippen LogP contribution >= 0.6 is 0 Å². The van der Waals surface area contributed by atoms with Gasteiger partial charge in [-0.1, -0.05) is 266 Å². The molecule has 0 spiro atoms. The predicted octanol–water partition coefficient (Wildman–Crippen LogP) is 22.7. The Morgan fingerprint density at radius 3 is 1.13 bits per heavy atom. The van der Waals surface area contributed by atoms with E-state index in [1.54, 1.807) is 0 Å². The molecule has 0 radical (unpaired) electrons. The van der Waals surface area contributed by atoms with Crippen molar-refractivity contribution in [1.82, 2.24) is 0 Å². The van der Waals surface area contributed by atoms with Crippen molar-refractivity contribution in [3.63, 3.8) is 0 Å². The molecular formula is C87H94BN3. The van der Waals surface area contributed by atoms with E-state index < -0.39 is 0 Å². The first-order chi connectivity index (χ1) is 42.6. The number of benzene rings is 10. The highest BCUT2D eigenvalue weighted by atomic mass is 15.2. The second kappa shape index (κ2) is 21.4. The van der Waals surface area contributed by atoms with Crippen molar-refractivity contribution in [2.24, 2.45) is 0 Å². The molecule has 0 atom stereocenters. The Kier molecular flexibility index (Phi) is 14.5. The molecular weight excluding hydrogens is 1100 g/mol. The lowest BCUT2D eigenvalue weighted by Crippen LogP contribution is -2.61. The maximum atomic E-state index is 2.66. The zero-order valence-electron chi connectivity index (χ0n) is 58.0. The molecule has 460 valence electrons. The summed E-state index contributed by atoms with van der Waals surface area (Å²) in [5.41, 5.74) is 31.8. The molecule has 91 heavy (non-hydrogen) atoms. The van der Waals surface area contributed by atoms with Gasteiger partial charge in [0.25, 0.3) is 6.71 Å². The minimum Gasteiger partial charge on any atom is -0.311 e. The third-order valence-electron chi connectivity index (χ3n) is 20.2. The Morgan fingerprint density at radius 2 is 0.681 bits per heavy atom. The van der Waals surface area contributed by atoms with Crippen LogP contribution in [0.5, 0.6) is 0 Å². The van der Waals surface area contributed by atoms with Crippen LogP contribution in [0.1, 0.15) is 183 Å². The van der Waals surface area contributed by atoms with Crippen molar-refractivity contribution < 1.29 is 0 Å². The number of rotatable bonds is 7. The SMILES string of the molecule is CC(C)(C)c1ccc(-c2cc(-c3ccc(C(C)(C)C)cc3)cc(N3c4ccc(C(C)(C)C)cc4B4c5cc(C(C)(C)C)ccc5N(c5ccc(C(C)(C)C)cc5)c5cc(N(c6ccc(C(C)(C)C)cc6)c6ccc7c(c6)C(C)(C)c6ccccc6-7)cc3c54)c2)cc1. The van der Waals surface area contributed by atoms with E-state index in [0.717, 1.165) is 34.1 Å². The molecule has 0 fully saturated rings. The molecule has 13 rings (SSSR count). The van der Waals surface area contributed by atoms with Crippen molar-refractivity contribution in [2.75, 3.05) is 14.7 Å². The van der Waals surface area contributed by atoms with Gasteiger partial charge in [-0.25, -0.2) is 0 Å². The van der Waals surface area contributed by atoms with E-state index in [-0.39, 0.29) is 44.6 Å². The highest BCUT2D eigenvalue weighted by Gasteiger charge is 2.46. The molecule has 2 aliphatic heterocycles. The van der Waals surface area contributed by atoms with Gasteiger partial charge in [-0.2, -0.15) is 0 Å². The third kappa shape index (κ3) is 10.9. The van der Waals surface area contributed by atoms with E-state index in [1.165, 1.54) is 111 Å². The largest absolute Gasteiger partial charge is 0.311 e. The molecule has 1 aliphatic carbocycles. The fraction of sp³-hybridized carbons (Fsp3) is 0.310. The first kappa shape index (κ1) is 61.5. The van der Waals surface area contributed by atoms with Crippen LogP contribution in [0.2, 0.25) is 0 Å². The normalized spacial score (nSPS) is 14.4. The van der Waals surface area contributed by atoms with Crippen LogP contribution in [-0.2, 0) is 37.9 Å². The van der Waals surface area contributed by atoms with Crippen LogP contribution in [-0.4, -0.2) is 6.71 Å². The number of hydrogen-bond acceptors (Lipinski definition) is 3. The van der Waals surface area contributed by atoms with E-state index >= 15 is 0 Å². The van der Waals surface area contributed by atoms with Gasteiger partial charge in [-0.05, 0) is 206 Å². The zero-order valence-corrected chi connectivity index (χ0v) is 58.0. The molecule has 0 saturated heterocycles. The third-order valence-corrected chi connectivity index (χ3v) is 20.2. The molecule has 0 amide bonds. The summed E-state index contributed by atoms with van der Waals surface area (Å²) in [6, 6.07) is 81.2. The summed E-state index contributed by atoms with van der Waals surface area (Å²) >= 11 is 0. The monoisotopic (exact) mass is 1190 g/mol. The molecule has 10 aromatic rings. The molecule has 4 heteroatoms. The first-order valence-corrected chi connectivity index (χ1v) is 33.3. The van der Waals surface area contributed by atoms with Gasteiger partial charge in [-0.3, -0.25) is 0 Å². The summed E-state index contributed by atoms with van der Waals surface area (Å²) in [7, 11) is 0. The average molecular weight is 1190 g/mol. The smallest absolute Gasteiger partial charge is 0.252 e. The Bertz CT molecular complexity index is 4380. The van der Waals surface area contributed by atoms with Crippen LogP contribution < -0.4 is 31.1 Å². The average Bonchev–Trinajstić information content (AvgIpc) is 1.11. The molecule has 0 saturated carbocycles. The molecule has 3 aliphatic rings. The van der Waals surface area contributed by atoms with Gasteiger partial charge in [0, 0.05) is 50.9 Å². The van der Waals surface area contributed by atoms with E-state index in [4.69, 9.17) is 0 Å². The van der Waals surface area contributed by atoms with Gasteiger partial charge in [0.15, 0.2) is 0 Å². The second-order valence-corrected chi connectivity index (χ2v) is 33.3. The zero-order chi connectivity index (χ0) is 64.9. The van der Waals surface area contributed by atoms with Crippen LogP contribution in [0.3, 0.4) is 0 Å². The predicted molar refractivity (Wildman–Crippen MR) is 396 cm³/mol. The maximum Gasteiger partial charge on any atom is 0.252 e. The summed E-state index contributed by atoms with van der Waals surface area (Å²) in [6.07, 6.45) is 0. The highest BCUT2D eigenvalue weighted by Crippen LogP contribution is 2.54. The molecule has 0 N–H and O–H groups in total. The fourth-order valence-corrected chi connectivity index (χ4v) is 14.5. The first-order valence-electron chi connectivity index (χ1n) is 33.3. The number of fused-ring (bicyclic) bond motifs is 7. The molecule has 0 aromatic heterocycles. The lowest BCUT2D eigenvalue weighted by molar-refractivity contribution is 0.590. The van der Waals surface area contributed by atoms with Gasteiger partial charge in [0.05, 0.1) is 5.69 Å². The minimum atomic E-state index is -0.209. The van der Waals surface area contributed by atoms with Crippen molar-refractivity contribution >= 4 is 74.3 Å². The Balaban J connectivity index is 1.17. The molecule has 0 unspecified atom stereocenters. The van der Waals surface area contributed by atoms with Crippen LogP contribution in [0.15, 0.2) is 206 Å². The van der Waals surface area contributed by atoms with Gasteiger partial charge >= 0.3 is 0 Å². The van der Waals surface area contributed by atoms with Crippen molar-refractivity contribution in [3.05, 3.63) is 251 Å². The summed E-state index contributed by atoms with van der Waals surface area (Å²) in [6.45, 7) is 46.6. The maximum absolute atomic E-state index is 2.66. The minimum absolute atomic E-state index is 0.0166. The van der Waals surface area contributed by atoms with Crippen LogP contribution in [0.25, 0.3) is 33.4 Å². The Hall–Kier alpha value is -8.34. The van der Waals surface area contributed by atoms with Gasteiger partial charge in [-0.15, -0.1) is 0 Å². The summed E-state index contributed by atoms with van der Waals surface area (Å²) in [5, 5.41) is 0. The molecule has 3 nitrogen and oxygen atoms in total. The molecule has 0 bridgehead atoms. The van der Waals surface area contributed by atoms with Crippen molar-refractivity contribution in [1.29, 1.82) is 0 Å². The number of anilines is 9. The standard InChI is InChI=1S/C87H94BN3/c1-81(2,3)59-29-25-55(26-30-59)57-47-58(56-27-31-60(32-28-56)82(4,5)6)49-68(48-57)91-77-46-38-64(86(16,17)18)51-75(77)88-74-50-63(85(13,14)15)37-45-76(74)90(66-41-35-62(36-42-66)84(10,11)12)78-53-69(54-79(91)80(78)88)89(65-39-33-61(34-40-65)83(7,8)9)67-43-44-71-70-23-21-22-24-72(70)87(19,20)73(71)52-67/h21-54H,1-20H3. The van der Waals surface area contributed by atoms with Gasteiger partial charge < -0.3 is 14.7 Å². The molecule has 2 heterocycles. The van der Waals surface area contributed by atoms with E-state index in [1.807, 2.05) is 0 Å². The quantitative estimate of drug-likeness (QED) is 0.147. The van der Waals surface area contributed by atoms with E-state index in [9.17, 15) is 0 Å². The van der Waals surface area contributed by atoms with Crippen LogP contribution in [0.4, 0.5) is 51.2 Å². The molecule has 10 aromatic carbocycles. The van der Waals surface area contributed by atoms with Crippen LogP contribution in [0, 0.1) is 0 Å². The summed E-state index contributed by atoms with van der Waals surface area (Å²) in [4.78, 5) is 7.83. The van der Waals surface area contributed by atoms with Gasteiger partial charge in [0.1, 0.15) is 0 Å². The van der Waals surface area contributed by atoms with E-state index in [2.05, 4.69) is 359 Å². The number of nitrogens with zero attached hydrogens (tertiary/aromatic N) is 3. The topological polar surface area (TPSA) is 9.72 Å². The Morgan fingerprint density at radius 1 is 0.297 bits per heavy atom. The van der Waals surface area contributed by atoms with Crippen molar-refractivity contribution in [2.45, 2.75) is 176 Å². The number of hydrogen-bond donors (Lipinski definition) is 0. The summed E-state index contributed by atoms with van der Waals surface area (Å²) in [5.74, 6) is 0. The van der Waals surface area contributed by atoms with Gasteiger partial charge in [0.2, 0.25) is 0 Å².